The SMILES string of the molecule is N#Cc1ccc(C(=O)ON2C(=O)c3ccccc3C2=O)s1. The van der Waals surface area contributed by atoms with Gasteiger partial charge in [-0.05, 0) is 24.3 Å². The van der Waals surface area contributed by atoms with Crippen molar-refractivity contribution >= 4 is 29.1 Å². The van der Waals surface area contributed by atoms with Crippen LogP contribution in [0.25, 0.3) is 0 Å². The predicted molar refractivity (Wildman–Crippen MR) is 71.4 cm³/mol. The Morgan fingerprint density at radius 1 is 1.10 bits per heavy atom. The highest BCUT2D eigenvalue weighted by Gasteiger charge is 2.38. The zero-order valence-electron chi connectivity index (χ0n) is 10.4. The topological polar surface area (TPSA) is 87.5 Å². The maximum atomic E-state index is 12.0. The molecule has 0 spiro atoms. The first-order valence-corrected chi connectivity index (χ1v) is 6.63. The van der Waals surface area contributed by atoms with E-state index in [0.29, 0.717) is 9.94 Å². The van der Waals surface area contributed by atoms with Gasteiger partial charge < -0.3 is 4.84 Å². The summed E-state index contributed by atoms with van der Waals surface area (Å²) in [7, 11) is 0. The van der Waals surface area contributed by atoms with Crippen LogP contribution in [0.1, 0.15) is 35.3 Å². The van der Waals surface area contributed by atoms with Gasteiger partial charge in [-0.25, -0.2) is 4.79 Å². The third-order valence-corrected chi connectivity index (χ3v) is 3.82. The number of fused-ring (bicyclic) bond motifs is 1. The second kappa shape index (κ2) is 4.85. The standard InChI is InChI=1S/C14H6N2O4S/c15-7-8-5-6-11(21-8)14(19)20-16-12(17)9-3-1-2-4-10(9)13(16)18/h1-6H. The quantitative estimate of drug-likeness (QED) is 0.791. The Morgan fingerprint density at radius 3 is 2.24 bits per heavy atom. The van der Waals surface area contributed by atoms with Crippen LogP contribution in [-0.4, -0.2) is 22.8 Å². The second-order valence-corrected chi connectivity index (χ2v) is 5.19. The average molecular weight is 298 g/mol. The van der Waals surface area contributed by atoms with Crippen LogP contribution in [0, 0.1) is 11.3 Å². The lowest BCUT2D eigenvalue weighted by Crippen LogP contribution is -2.32. The molecule has 0 N–H and O–H groups in total. The maximum absolute atomic E-state index is 12.0. The number of imide groups is 1. The Balaban J connectivity index is 1.84. The third-order valence-electron chi connectivity index (χ3n) is 2.85. The summed E-state index contributed by atoms with van der Waals surface area (Å²) in [4.78, 5) is 41.3. The van der Waals surface area contributed by atoms with Gasteiger partial charge in [-0.15, -0.1) is 11.3 Å². The zero-order valence-corrected chi connectivity index (χ0v) is 11.2. The van der Waals surface area contributed by atoms with E-state index < -0.39 is 17.8 Å². The van der Waals surface area contributed by atoms with Crippen LogP contribution in [0.15, 0.2) is 36.4 Å². The minimum Gasteiger partial charge on any atom is -0.323 e. The summed E-state index contributed by atoms with van der Waals surface area (Å²) < 4.78 is 0. The molecule has 0 bridgehead atoms. The lowest BCUT2D eigenvalue weighted by Gasteiger charge is -2.11. The highest BCUT2D eigenvalue weighted by atomic mass is 32.1. The van der Waals surface area contributed by atoms with Crippen molar-refractivity contribution < 1.29 is 19.2 Å². The summed E-state index contributed by atoms with van der Waals surface area (Å²) in [5.74, 6) is -2.21. The number of nitrogens with zero attached hydrogens (tertiary/aromatic N) is 2. The molecule has 2 aromatic rings. The molecule has 2 amide bonds. The van der Waals surface area contributed by atoms with E-state index in [1.807, 2.05) is 6.07 Å². The molecule has 0 unspecified atom stereocenters. The smallest absolute Gasteiger partial charge is 0.323 e. The number of carbonyl (C=O) groups excluding carboxylic acids is 3. The molecule has 3 rings (SSSR count). The van der Waals surface area contributed by atoms with Crippen LogP contribution < -0.4 is 0 Å². The number of hydrogen-bond donors (Lipinski definition) is 0. The molecule has 2 heterocycles. The molecule has 102 valence electrons. The van der Waals surface area contributed by atoms with E-state index in [1.165, 1.54) is 24.3 Å². The van der Waals surface area contributed by atoms with Gasteiger partial charge in [0.25, 0.3) is 11.8 Å². The molecule has 0 saturated carbocycles. The summed E-state index contributed by atoms with van der Waals surface area (Å²) in [6.07, 6.45) is 0. The number of rotatable bonds is 2. The molecule has 0 atom stereocenters. The molecule has 0 radical (unpaired) electrons. The van der Waals surface area contributed by atoms with Crippen LogP contribution in [0.5, 0.6) is 0 Å². The first-order chi connectivity index (χ1) is 10.1. The number of amides is 2. The van der Waals surface area contributed by atoms with E-state index in [1.54, 1.807) is 12.1 Å². The molecular formula is C14H6N2O4S. The van der Waals surface area contributed by atoms with Gasteiger partial charge in [0.15, 0.2) is 0 Å². The molecule has 1 aliphatic heterocycles. The fraction of sp³-hybridized carbons (Fsp3) is 0. The monoisotopic (exact) mass is 298 g/mol. The molecule has 1 aliphatic rings. The van der Waals surface area contributed by atoms with Crippen molar-refractivity contribution in [1.82, 2.24) is 5.06 Å². The van der Waals surface area contributed by atoms with E-state index in [2.05, 4.69) is 0 Å². The Labute approximate surface area is 122 Å². The van der Waals surface area contributed by atoms with Crippen molar-refractivity contribution in [2.75, 3.05) is 0 Å². The maximum Gasteiger partial charge on any atom is 0.373 e. The summed E-state index contributed by atoms with van der Waals surface area (Å²) in [6.45, 7) is 0. The van der Waals surface area contributed by atoms with Crippen molar-refractivity contribution in [1.29, 1.82) is 5.26 Å². The minimum absolute atomic E-state index is 0.142. The van der Waals surface area contributed by atoms with Gasteiger partial charge in [-0.2, -0.15) is 5.26 Å². The highest BCUT2D eigenvalue weighted by molar-refractivity contribution is 7.14. The van der Waals surface area contributed by atoms with E-state index in [4.69, 9.17) is 10.1 Å². The van der Waals surface area contributed by atoms with Crippen molar-refractivity contribution in [3.8, 4) is 6.07 Å². The summed E-state index contributed by atoms with van der Waals surface area (Å²) in [6, 6.07) is 11.0. The summed E-state index contributed by atoms with van der Waals surface area (Å²) >= 11 is 0.926. The van der Waals surface area contributed by atoms with Crippen LogP contribution in [-0.2, 0) is 4.84 Å². The van der Waals surface area contributed by atoms with E-state index in [9.17, 15) is 14.4 Å². The second-order valence-electron chi connectivity index (χ2n) is 4.10. The van der Waals surface area contributed by atoms with Crippen LogP contribution in [0.3, 0.4) is 0 Å². The first kappa shape index (κ1) is 13.0. The Hall–Kier alpha value is -2.98. The van der Waals surface area contributed by atoms with Gasteiger partial charge in [0.2, 0.25) is 0 Å². The average Bonchev–Trinajstić information content (AvgIpc) is 3.07. The molecule has 0 fully saturated rings. The summed E-state index contributed by atoms with van der Waals surface area (Å²) in [5.41, 5.74) is 0.387. The molecule has 1 aromatic carbocycles. The summed E-state index contributed by atoms with van der Waals surface area (Å²) in [5, 5.41) is 9.15. The Morgan fingerprint density at radius 2 is 1.71 bits per heavy atom. The first-order valence-electron chi connectivity index (χ1n) is 5.82. The molecule has 6 nitrogen and oxygen atoms in total. The lowest BCUT2D eigenvalue weighted by atomic mass is 10.1. The van der Waals surface area contributed by atoms with Gasteiger partial charge in [-0.3, -0.25) is 9.59 Å². The molecule has 1 aromatic heterocycles. The van der Waals surface area contributed by atoms with Gasteiger partial charge >= 0.3 is 5.97 Å². The highest BCUT2D eigenvalue weighted by Crippen LogP contribution is 2.24. The Bertz CT molecular complexity index is 783. The van der Waals surface area contributed by atoms with E-state index >= 15 is 0 Å². The number of hydroxylamine groups is 2. The zero-order chi connectivity index (χ0) is 15.0. The van der Waals surface area contributed by atoms with Gasteiger partial charge in [0.1, 0.15) is 15.8 Å². The normalized spacial score (nSPS) is 13.0. The van der Waals surface area contributed by atoms with Crippen molar-refractivity contribution in [3.05, 3.63) is 57.3 Å². The molecule has 0 saturated heterocycles. The van der Waals surface area contributed by atoms with Crippen LogP contribution in [0.4, 0.5) is 0 Å². The molecule has 0 aliphatic carbocycles. The third kappa shape index (κ3) is 2.07. The van der Waals surface area contributed by atoms with Gasteiger partial charge in [0.05, 0.1) is 11.1 Å². The minimum atomic E-state index is -0.851. The number of nitriles is 1. The van der Waals surface area contributed by atoms with Gasteiger partial charge in [-0.1, -0.05) is 17.2 Å². The molecular weight excluding hydrogens is 292 g/mol. The number of thiophene rings is 1. The fourth-order valence-corrected chi connectivity index (χ4v) is 2.56. The fourth-order valence-electron chi connectivity index (χ4n) is 1.89. The molecule has 7 heteroatoms. The Kier molecular flexibility index (Phi) is 3.01. The number of hydrogen-bond acceptors (Lipinski definition) is 6. The predicted octanol–water partition coefficient (Wildman–Crippen LogP) is 1.99. The number of carbonyl (C=O) groups is 3. The molecule has 21 heavy (non-hydrogen) atoms. The van der Waals surface area contributed by atoms with Crippen molar-refractivity contribution in [3.63, 3.8) is 0 Å². The van der Waals surface area contributed by atoms with Crippen LogP contribution in [0.2, 0.25) is 0 Å². The van der Waals surface area contributed by atoms with Gasteiger partial charge in [0, 0.05) is 0 Å². The van der Waals surface area contributed by atoms with E-state index in [0.717, 1.165) is 11.3 Å². The van der Waals surface area contributed by atoms with Crippen molar-refractivity contribution in [2.24, 2.45) is 0 Å². The van der Waals surface area contributed by atoms with E-state index in [-0.39, 0.29) is 16.0 Å². The lowest BCUT2D eigenvalue weighted by molar-refractivity contribution is -0.0581. The van der Waals surface area contributed by atoms with Crippen molar-refractivity contribution in [2.45, 2.75) is 0 Å². The largest absolute Gasteiger partial charge is 0.373 e. The number of benzene rings is 1. The van der Waals surface area contributed by atoms with Crippen LogP contribution >= 0.6 is 11.3 Å².